The van der Waals surface area contributed by atoms with E-state index in [2.05, 4.69) is 26.5 Å². The summed E-state index contributed by atoms with van der Waals surface area (Å²) in [5.74, 6) is 0.997. The van der Waals surface area contributed by atoms with Crippen LogP contribution in [0.5, 0.6) is 11.5 Å². The number of ether oxygens (including phenoxy) is 1. The van der Waals surface area contributed by atoms with Gasteiger partial charge in [0.25, 0.3) is 0 Å². The van der Waals surface area contributed by atoms with E-state index in [1.54, 1.807) is 19.2 Å². The Morgan fingerprint density at radius 3 is 2.73 bits per heavy atom. The fourth-order valence-electron chi connectivity index (χ4n) is 2.44. The third kappa shape index (κ3) is 2.91. The monoisotopic (exact) mass is 380 g/mol. The molecule has 0 aliphatic carbocycles. The number of benzene rings is 2. The highest BCUT2D eigenvalue weighted by Gasteiger charge is 2.25. The van der Waals surface area contributed by atoms with Gasteiger partial charge in [-0.05, 0) is 57.9 Å². The van der Waals surface area contributed by atoms with Crippen molar-refractivity contribution in [1.29, 1.82) is 0 Å². The molecular formula is C16H14BrClN2O2. The molecule has 0 amide bonds. The third-order valence-corrected chi connectivity index (χ3v) is 4.43. The largest absolute Gasteiger partial charge is 0.506 e. The van der Waals surface area contributed by atoms with Crippen molar-refractivity contribution >= 4 is 33.2 Å². The second-order valence-corrected chi connectivity index (χ2v) is 6.29. The molecule has 0 saturated heterocycles. The van der Waals surface area contributed by atoms with Gasteiger partial charge in [0.15, 0.2) is 0 Å². The van der Waals surface area contributed by atoms with Crippen molar-refractivity contribution in [2.75, 3.05) is 7.11 Å². The van der Waals surface area contributed by atoms with Crippen molar-refractivity contribution in [3.63, 3.8) is 0 Å². The van der Waals surface area contributed by atoms with Crippen molar-refractivity contribution in [1.82, 2.24) is 5.43 Å². The van der Waals surface area contributed by atoms with E-state index >= 15 is 0 Å². The molecule has 1 unspecified atom stereocenters. The highest BCUT2D eigenvalue weighted by atomic mass is 79.9. The molecule has 2 aromatic carbocycles. The lowest BCUT2D eigenvalue weighted by Crippen LogP contribution is -2.10. The molecule has 6 heteroatoms. The summed E-state index contributed by atoms with van der Waals surface area (Å²) in [4.78, 5) is 0. The average Bonchev–Trinajstić information content (AvgIpc) is 3.00. The number of aromatic hydroxyl groups is 1. The van der Waals surface area contributed by atoms with E-state index in [1.807, 2.05) is 24.3 Å². The lowest BCUT2D eigenvalue weighted by atomic mass is 9.98. The smallest absolute Gasteiger partial charge is 0.135 e. The van der Waals surface area contributed by atoms with Gasteiger partial charge in [0.2, 0.25) is 0 Å². The maximum Gasteiger partial charge on any atom is 0.135 e. The Kier molecular flexibility index (Phi) is 4.27. The molecule has 1 heterocycles. The van der Waals surface area contributed by atoms with Crippen LogP contribution in [0.2, 0.25) is 5.02 Å². The molecule has 0 aromatic heterocycles. The molecule has 0 fully saturated rings. The van der Waals surface area contributed by atoms with Gasteiger partial charge in [0.1, 0.15) is 11.5 Å². The molecule has 0 spiro atoms. The summed E-state index contributed by atoms with van der Waals surface area (Å²) in [5.41, 5.74) is 5.75. The standard InChI is InChI=1S/C16H14BrClN2O2/c1-22-11-4-2-9(3-5-11)14-8-15(20-19-14)12-6-10(18)7-13(17)16(12)21/h2-7,15,20-21H,8H2,1H3. The zero-order valence-electron chi connectivity index (χ0n) is 11.8. The third-order valence-electron chi connectivity index (χ3n) is 3.61. The molecule has 1 atom stereocenters. The minimum Gasteiger partial charge on any atom is -0.506 e. The number of nitrogens with zero attached hydrogens (tertiary/aromatic N) is 1. The van der Waals surface area contributed by atoms with Crippen molar-refractivity contribution in [3.05, 3.63) is 57.0 Å². The highest BCUT2D eigenvalue weighted by Crippen LogP contribution is 2.38. The van der Waals surface area contributed by atoms with Gasteiger partial charge >= 0.3 is 0 Å². The summed E-state index contributed by atoms with van der Waals surface area (Å²) in [5, 5.41) is 15.1. The van der Waals surface area contributed by atoms with Crippen LogP contribution >= 0.6 is 27.5 Å². The maximum absolute atomic E-state index is 10.2. The predicted octanol–water partition coefficient (Wildman–Crippen LogP) is 4.26. The number of phenols is 1. The van der Waals surface area contributed by atoms with Crippen LogP contribution in [-0.2, 0) is 0 Å². The first kappa shape index (κ1) is 15.2. The second kappa shape index (κ2) is 6.18. The first-order valence-corrected chi connectivity index (χ1v) is 7.90. The van der Waals surface area contributed by atoms with Gasteiger partial charge < -0.3 is 15.3 Å². The molecule has 0 radical (unpaired) electrons. The number of methoxy groups -OCH3 is 1. The van der Waals surface area contributed by atoms with Crippen LogP contribution in [0.4, 0.5) is 0 Å². The van der Waals surface area contributed by atoms with Crippen molar-refractivity contribution in [2.24, 2.45) is 5.10 Å². The molecule has 0 saturated carbocycles. The minimum absolute atomic E-state index is 0.105. The molecule has 114 valence electrons. The van der Waals surface area contributed by atoms with Crippen LogP contribution in [-0.4, -0.2) is 17.9 Å². The molecule has 2 aromatic rings. The van der Waals surface area contributed by atoms with E-state index in [0.29, 0.717) is 15.9 Å². The fourth-order valence-corrected chi connectivity index (χ4v) is 3.27. The zero-order chi connectivity index (χ0) is 15.7. The van der Waals surface area contributed by atoms with Gasteiger partial charge in [-0.1, -0.05) is 11.6 Å². The summed E-state index contributed by atoms with van der Waals surface area (Å²) in [6.07, 6.45) is 0.673. The van der Waals surface area contributed by atoms with Gasteiger partial charge in [-0.25, -0.2) is 0 Å². The second-order valence-electron chi connectivity index (χ2n) is 5.00. The molecule has 2 N–H and O–H groups in total. The number of halogens is 2. The summed E-state index contributed by atoms with van der Waals surface area (Å²) in [7, 11) is 1.64. The van der Waals surface area contributed by atoms with Crippen LogP contribution in [0.25, 0.3) is 0 Å². The van der Waals surface area contributed by atoms with Crippen LogP contribution in [0, 0.1) is 0 Å². The Labute approximate surface area is 141 Å². The number of rotatable bonds is 3. The topological polar surface area (TPSA) is 53.8 Å². The number of hydrogen-bond donors (Lipinski definition) is 2. The summed E-state index contributed by atoms with van der Waals surface area (Å²) >= 11 is 9.37. The SMILES string of the molecule is COc1ccc(C2=NNC(c3cc(Cl)cc(Br)c3O)C2)cc1. The Morgan fingerprint density at radius 2 is 2.05 bits per heavy atom. The Hall–Kier alpha value is -1.72. The Morgan fingerprint density at radius 1 is 1.32 bits per heavy atom. The molecule has 1 aliphatic heterocycles. The molecule has 0 bridgehead atoms. The van der Waals surface area contributed by atoms with Gasteiger partial charge in [0, 0.05) is 17.0 Å². The highest BCUT2D eigenvalue weighted by molar-refractivity contribution is 9.10. The van der Waals surface area contributed by atoms with E-state index in [9.17, 15) is 5.11 Å². The van der Waals surface area contributed by atoms with Crippen LogP contribution in [0.15, 0.2) is 46.0 Å². The average molecular weight is 382 g/mol. The van der Waals surface area contributed by atoms with Crippen LogP contribution < -0.4 is 10.2 Å². The minimum atomic E-state index is -0.105. The summed E-state index contributed by atoms with van der Waals surface area (Å²) in [6.45, 7) is 0. The molecule has 22 heavy (non-hydrogen) atoms. The van der Waals surface area contributed by atoms with Crippen molar-refractivity contribution in [2.45, 2.75) is 12.5 Å². The van der Waals surface area contributed by atoms with Gasteiger partial charge in [-0.3, -0.25) is 0 Å². The fraction of sp³-hybridized carbons (Fsp3) is 0.188. The zero-order valence-corrected chi connectivity index (χ0v) is 14.1. The number of nitrogens with one attached hydrogen (secondary N) is 1. The Bertz CT molecular complexity index is 732. The van der Waals surface area contributed by atoms with Gasteiger partial charge in [0.05, 0.1) is 23.3 Å². The molecular weight excluding hydrogens is 368 g/mol. The van der Waals surface area contributed by atoms with Gasteiger partial charge in [-0.2, -0.15) is 5.10 Å². The first-order valence-electron chi connectivity index (χ1n) is 6.73. The van der Waals surface area contributed by atoms with E-state index < -0.39 is 0 Å². The van der Waals surface area contributed by atoms with Crippen molar-refractivity contribution in [3.8, 4) is 11.5 Å². The van der Waals surface area contributed by atoms with E-state index in [1.165, 1.54) is 0 Å². The number of hydrogen-bond acceptors (Lipinski definition) is 4. The van der Waals surface area contributed by atoms with E-state index in [-0.39, 0.29) is 11.8 Å². The quantitative estimate of drug-likeness (QED) is 0.835. The molecule has 1 aliphatic rings. The van der Waals surface area contributed by atoms with Crippen molar-refractivity contribution < 1.29 is 9.84 Å². The normalized spacial score (nSPS) is 17.0. The number of hydrazone groups is 1. The predicted molar refractivity (Wildman–Crippen MR) is 90.8 cm³/mol. The first-order chi connectivity index (χ1) is 10.6. The Balaban J connectivity index is 1.82. The number of phenolic OH excluding ortho intramolecular Hbond substituents is 1. The van der Waals surface area contributed by atoms with E-state index in [0.717, 1.165) is 22.6 Å². The summed E-state index contributed by atoms with van der Waals surface area (Å²) < 4.78 is 5.73. The molecule has 4 nitrogen and oxygen atoms in total. The maximum atomic E-state index is 10.2. The lowest BCUT2D eigenvalue weighted by Gasteiger charge is -2.14. The van der Waals surface area contributed by atoms with E-state index in [4.69, 9.17) is 16.3 Å². The lowest BCUT2D eigenvalue weighted by molar-refractivity contribution is 0.415. The van der Waals surface area contributed by atoms with Crippen LogP contribution in [0.1, 0.15) is 23.6 Å². The molecule has 3 rings (SSSR count). The van der Waals surface area contributed by atoms with Gasteiger partial charge in [-0.15, -0.1) is 0 Å². The van der Waals surface area contributed by atoms with Crippen LogP contribution in [0.3, 0.4) is 0 Å². The summed E-state index contributed by atoms with van der Waals surface area (Å²) in [6, 6.07) is 11.1.